The van der Waals surface area contributed by atoms with Crippen LogP contribution in [0.4, 0.5) is 5.69 Å². The van der Waals surface area contributed by atoms with Crippen LogP contribution >= 0.6 is 0 Å². The molecule has 0 spiro atoms. The molecule has 0 saturated carbocycles. The first kappa shape index (κ1) is 24.3. The molecule has 1 amide bonds. The molecule has 0 aromatic heterocycles. The SMILES string of the molecule is CCCCNc1cc(C(=O)N[C@@H](C)c2ccccc2)cc(S(N)(=O)=O)c1Oc1ccccc1. The predicted octanol–water partition coefficient (Wildman–Crippen LogP) is 4.83. The van der Waals surface area contributed by atoms with E-state index in [2.05, 4.69) is 10.6 Å². The highest BCUT2D eigenvalue weighted by atomic mass is 32.2. The number of para-hydroxylation sites is 1. The molecule has 0 aliphatic rings. The average Bonchev–Trinajstić information content (AvgIpc) is 2.80. The van der Waals surface area contributed by atoms with Gasteiger partial charge in [-0.25, -0.2) is 13.6 Å². The summed E-state index contributed by atoms with van der Waals surface area (Å²) in [5, 5.41) is 11.6. The Morgan fingerprint density at radius 2 is 1.67 bits per heavy atom. The van der Waals surface area contributed by atoms with Crippen molar-refractivity contribution in [2.45, 2.75) is 37.6 Å². The number of primary sulfonamides is 1. The average molecular weight is 468 g/mol. The Labute approximate surface area is 195 Å². The van der Waals surface area contributed by atoms with Crippen molar-refractivity contribution in [1.82, 2.24) is 5.32 Å². The van der Waals surface area contributed by atoms with Crippen LogP contribution < -0.4 is 20.5 Å². The summed E-state index contributed by atoms with van der Waals surface area (Å²) in [6.07, 6.45) is 1.80. The zero-order valence-corrected chi connectivity index (χ0v) is 19.6. The van der Waals surface area contributed by atoms with Gasteiger partial charge in [0, 0.05) is 12.1 Å². The lowest BCUT2D eigenvalue weighted by Crippen LogP contribution is -2.27. The molecule has 3 aromatic rings. The number of rotatable bonds is 10. The topological polar surface area (TPSA) is 111 Å². The molecule has 174 valence electrons. The van der Waals surface area contributed by atoms with Gasteiger partial charge >= 0.3 is 0 Å². The van der Waals surface area contributed by atoms with E-state index in [9.17, 15) is 13.2 Å². The number of hydrogen-bond donors (Lipinski definition) is 3. The molecule has 33 heavy (non-hydrogen) atoms. The summed E-state index contributed by atoms with van der Waals surface area (Å²) in [7, 11) is -4.19. The molecule has 4 N–H and O–H groups in total. The van der Waals surface area contributed by atoms with E-state index < -0.39 is 15.9 Å². The van der Waals surface area contributed by atoms with Gasteiger partial charge in [0.1, 0.15) is 10.6 Å². The fourth-order valence-corrected chi connectivity index (χ4v) is 3.99. The maximum atomic E-state index is 13.0. The largest absolute Gasteiger partial charge is 0.454 e. The van der Waals surface area contributed by atoms with Crippen LogP contribution in [0.2, 0.25) is 0 Å². The second kappa shape index (κ2) is 11.0. The highest BCUT2D eigenvalue weighted by molar-refractivity contribution is 7.89. The van der Waals surface area contributed by atoms with Crippen molar-refractivity contribution in [3.63, 3.8) is 0 Å². The normalized spacial score (nSPS) is 12.1. The molecule has 0 saturated heterocycles. The van der Waals surface area contributed by atoms with E-state index >= 15 is 0 Å². The number of carbonyl (C=O) groups excluding carboxylic acids is 1. The molecule has 3 rings (SSSR count). The number of ether oxygens (including phenoxy) is 1. The summed E-state index contributed by atoms with van der Waals surface area (Å²) in [6, 6.07) is 20.9. The summed E-state index contributed by atoms with van der Waals surface area (Å²) in [5.41, 5.74) is 1.49. The lowest BCUT2D eigenvalue weighted by Gasteiger charge is -2.19. The minimum atomic E-state index is -4.19. The molecular weight excluding hydrogens is 438 g/mol. The minimum absolute atomic E-state index is 0.0625. The second-order valence-electron chi connectivity index (χ2n) is 7.70. The zero-order valence-electron chi connectivity index (χ0n) is 18.7. The van der Waals surface area contributed by atoms with Crippen LogP contribution in [0.3, 0.4) is 0 Å². The fourth-order valence-electron chi connectivity index (χ4n) is 3.29. The number of amides is 1. The van der Waals surface area contributed by atoms with Crippen LogP contribution in [0.25, 0.3) is 0 Å². The summed E-state index contributed by atoms with van der Waals surface area (Å²) < 4.78 is 30.9. The third-order valence-corrected chi connectivity index (χ3v) is 6.00. The van der Waals surface area contributed by atoms with E-state index in [1.807, 2.05) is 50.2 Å². The molecule has 0 fully saturated rings. The smallest absolute Gasteiger partial charge is 0.251 e. The monoisotopic (exact) mass is 467 g/mol. The Balaban J connectivity index is 2.02. The Hall–Kier alpha value is -3.36. The van der Waals surface area contributed by atoms with Crippen LogP contribution in [0, 0.1) is 0 Å². The Morgan fingerprint density at radius 1 is 1.03 bits per heavy atom. The van der Waals surface area contributed by atoms with Crippen LogP contribution in [0.5, 0.6) is 11.5 Å². The van der Waals surface area contributed by atoms with E-state index in [-0.39, 0.29) is 22.3 Å². The number of sulfonamides is 1. The number of benzene rings is 3. The van der Waals surface area contributed by atoms with Crippen LogP contribution in [0.1, 0.15) is 48.7 Å². The first-order chi connectivity index (χ1) is 15.8. The van der Waals surface area contributed by atoms with Gasteiger partial charge in [-0.1, -0.05) is 61.9 Å². The van der Waals surface area contributed by atoms with E-state index in [4.69, 9.17) is 9.88 Å². The molecule has 0 unspecified atom stereocenters. The zero-order chi connectivity index (χ0) is 23.8. The molecule has 0 radical (unpaired) electrons. The number of unbranched alkanes of at least 4 members (excludes halogenated alkanes) is 1. The second-order valence-corrected chi connectivity index (χ2v) is 9.23. The third kappa shape index (κ3) is 6.57. The van der Waals surface area contributed by atoms with Crippen LogP contribution in [-0.4, -0.2) is 20.9 Å². The summed E-state index contributed by atoms with van der Waals surface area (Å²) >= 11 is 0. The standard InChI is InChI=1S/C25H29N3O4S/c1-3-4-15-27-22-16-20(25(29)28-18(2)19-11-7-5-8-12-19)17-23(33(26,30)31)24(22)32-21-13-9-6-10-14-21/h5-14,16-18,27H,3-4,15H2,1-2H3,(H,28,29)(H2,26,30,31)/t18-/m0/s1. The predicted molar refractivity (Wildman–Crippen MR) is 130 cm³/mol. The van der Waals surface area contributed by atoms with Gasteiger partial charge in [-0.3, -0.25) is 4.79 Å². The maximum absolute atomic E-state index is 13.0. The van der Waals surface area contributed by atoms with Gasteiger partial charge in [0.25, 0.3) is 5.91 Å². The maximum Gasteiger partial charge on any atom is 0.251 e. The highest BCUT2D eigenvalue weighted by Gasteiger charge is 2.24. The van der Waals surface area contributed by atoms with Crippen molar-refractivity contribution in [1.29, 1.82) is 0 Å². The van der Waals surface area contributed by atoms with Gasteiger partial charge in [-0.05, 0) is 43.2 Å². The van der Waals surface area contributed by atoms with Crippen molar-refractivity contribution in [2.75, 3.05) is 11.9 Å². The molecule has 0 bridgehead atoms. The minimum Gasteiger partial charge on any atom is -0.454 e. The van der Waals surface area contributed by atoms with Crippen molar-refractivity contribution in [3.05, 3.63) is 83.9 Å². The molecule has 0 aliphatic carbocycles. The fraction of sp³-hybridized carbons (Fsp3) is 0.240. The molecule has 3 aromatic carbocycles. The number of hydrogen-bond acceptors (Lipinski definition) is 5. The third-order valence-electron chi connectivity index (χ3n) is 5.08. The first-order valence-electron chi connectivity index (χ1n) is 10.8. The molecule has 8 heteroatoms. The van der Waals surface area contributed by atoms with Crippen LogP contribution in [0.15, 0.2) is 77.7 Å². The van der Waals surface area contributed by atoms with E-state index in [0.29, 0.717) is 18.0 Å². The molecule has 7 nitrogen and oxygen atoms in total. The summed E-state index contributed by atoms with van der Waals surface area (Å²) in [6.45, 7) is 4.49. The Morgan fingerprint density at radius 3 is 2.27 bits per heavy atom. The van der Waals surface area contributed by atoms with E-state index in [1.165, 1.54) is 6.07 Å². The van der Waals surface area contributed by atoms with Gasteiger partial charge in [0.05, 0.1) is 11.7 Å². The molecule has 0 aliphatic heterocycles. The van der Waals surface area contributed by atoms with Crippen LogP contribution in [-0.2, 0) is 10.0 Å². The van der Waals surface area contributed by atoms with Gasteiger partial charge in [0.2, 0.25) is 10.0 Å². The van der Waals surface area contributed by atoms with Crippen molar-refractivity contribution in [2.24, 2.45) is 5.14 Å². The quantitative estimate of drug-likeness (QED) is 0.370. The number of carbonyl (C=O) groups is 1. The first-order valence-corrected chi connectivity index (χ1v) is 12.4. The van der Waals surface area contributed by atoms with Gasteiger partial charge in [-0.15, -0.1) is 0 Å². The Bertz CT molecular complexity index is 1180. The lowest BCUT2D eigenvalue weighted by atomic mass is 10.1. The number of nitrogens with two attached hydrogens (primary N) is 1. The van der Waals surface area contributed by atoms with Gasteiger partial charge < -0.3 is 15.4 Å². The molecule has 0 heterocycles. The van der Waals surface area contributed by atoms with E-state index in [0.717, 1.165) is 18.4 Å². The van der Waals surface area contributed by atoms with E-state index in [1.54, 1.807) is 30.3 Å². The number of nitrogens with one attached hydrogen (secondary N) is 2. The Kier molecular flexibility index (Phi) is 8.08. The van der Waals surface area contributed by atoms with Crippen molar-refractivity contribution < 1.29 is 17.9 Å². The van der Waals surface area contributed by atoms with Crippen molar-refractivity contribution in [3.8, 4) is 11.5 Å². The lowest BCUT2D eigenvalue weighted by molar-refractivity contribution is 0.0939. The summed E-state index contributed by atoms with van der Waals surface area (Å²) in [4.78, 5) is 12.8. The molecular formula is C25H29N3O4S. The molecule has 1 atom stereocenters. The van der Waals surface area contributed by atoms with Gasteiger partial charge in [-0.2, -0.15) is 0 Å². The van der Waals surface area contributed by atoms with Gasteiger partial charge in [0.15, 0.2) is 5.75 Å². The summed E-state index contributed by atoms with van der Waals surface area (Å²) in [5.74, 6) is 0.101. The highest BCUT2D eigenvalue weighted by Crippen LogP contribution is 2.37. The van der Waals surface area contributed by atoms with Crippen molar-refractivity contribution >= 4 is 21.6 Å². The number of anilines is 1.